The average Bonchev–Trinajstić information content (AvgIpc) is 2.45. The van der Waals surface area contributed by atoms with Crippen LogP contribution in [0.3, 0.4) is 0 Å². The molecule has 1 saturated heterocycles. The summed E-state index contributed by atoms with van der Waals surface area (Å²) >= 11 is 0. The summed E-state index contributed by atoms with van der Waals surface area (Å²) in [6, 6.07) is -0.661. The summed E-state index contributed by atoms with van der Waals surface area (Å²) in [7, 11) is -4.55. The van der Waals surface area contributed by atoms with Gasteiger partial charge in [-0.05, 0) is 13.3 Å². The number of aliphatic hydroxyl groups is 1. The molecule has 0 saturated carbocycles. The predicted molar refractivity (Wildman–Crippen MR) is 82.8 cm³/mol. The lowest BCUT2D eigenvalue weighted by Gasteiger charge is -2.39. The first-order chi connectivity index (χ1) is 11.2. The monoisotopic (exact) mass is 368 g/mol. The van der Waals surface area contributed by atoms with Crippen molar-refractivity contribution in [2.24, 2.45) is 0 Å². The van der Waals surface area contributed by atoms with E-state index in [2.05, 4.69) is 5.43 Å². The summed E-state index contributed by atoms with van der Waals surface area (Å²) in [5, 5.41) is 19.5. The molecule has 1 unspecified atom stereocenters. The van der Waals surface area contributed by atoms with Gasteiger partial charge in [-0.1, -0.05) is 6.92 Å². The van der Waals surface area contributed by atoms with E-state index in [1.807, 2.05) is 6.92 Å². The molecule has 11 nitrogen and oxygen atoms in total. The van der Waals surface area contributed by atoms with Crippen LogP contribution >= 0.6 is 0 Å². The van der Waals surface area contributed by atoms with Gasteiger partial charge in [-0.15, -0.1) is 0 Å². The highest BCUT2D eigenvalue weighted by atomic mass is 32.2. The van der Waals surface area contributed by atoms with Gasteiger partial charge in [0.25, 0.3) is 0 Å². The van der Waals surface area contributed by atoms with Crippen molar-refractivity contribution in [2.75, 3.05) is 19.7 Å². The van der Waals surface area contributed by atoms with E-state index in [1.165, 1.54) is 0 Å². The second-order valence-corrected chi connectivity index (χ2v) is 6.55. The van der Waals surface area contributed by atoms with Gasteiger partial charge < -0.3 is 9.84 Å². The smallest absolute Gasteiger partial charge is 0.362 e. The molecule has 24 heavy (non-hydrogen) atoms. The number of hydrogen-bond acceptors (Lipinski definition) is 9. The summed E-state index contributed by atoms with van der Waals surface area (Å²) in [6.45, 7) is 4.20. The van der Waals surface area contributed by atoms with Crippen LogP contribution in [0.2, 0.25) is 0 Å². The first-order valence-corrected chi connectivity index (χ1v) is 8.79. The van der Waals surface area contributed by atoms with Crippen molar-refractivity contribution >= 4 is 16.2 Å². The van der Waals surface area contributed by atoms with Gasteiger partial charge in [-0.25, -0.2) is 9.31 Å². The van der Waals surface area contributed by atoms with Crippen LogP contribution in [0, 0.1) is 0 Å². The zero-order valence-electron chi connectivity index (χ0n) is 13.5. The molecule has 0 bridgehead atoms. The zero-order chi connectivity index (χ0) is 18.3. The largest absolute Gasteiger partial charge is 0.508 e. The second kappa shape index (κ2) is 9.15. The molecule has 1 fully saturated rings. The molecule has 1 amide bonds. The van der Waals surface area contributed by atoms with E-state index in [0.29, 0.717) is 10.8 Å². The topological polar surface area (TPSA) is 152 Å². The minimum atomic E-state index is -4.55. The average molecular weight is 368 g/mol. The molecular weight excluding hydrogens is 344 g/mol. The molecule has 0 aliphatic carbocycles. The highest BCUT2D eigenvalue weighted by Crippen LogP contribution is 2.22. The molecule has 12 heteroatoms. The molecule has 0 radical (unpaired) electrons. The Morgan fingerprint density at radius 2 is 2.25 bits per heavy atom. The third-order valence-corrected chi connectivity index (χ3v) is 4.37. The molecule has 0 aromatic carbocycles. The number of amides is 1. The fourth-order valence-electron chi connectivity index (χ4n) is 2.20. The van der Waals surface area contributed by atoms with Gasteiger partial charge >= 0.3 is 10.3 Å². The van der Waals surface area contributed by atoms with Crippen molar-refractivity contribution in [3.63, 3.8) is 0 Å². The van der Waals surface area contributed by atoms with Crippen LogP contribution in [-0.2, 0) is 19.8 Å². The molecule has 2 atom stereocenters. The Kier molecular flexibility index (Phi) is 7.86. The fraction of sp³-hybridized carbons (Fsp3) is 0.750. The summed E-state index contributed by atoms with van der Waals surface area (Å²) < 4.78 is 37.1. The standard InChI is InChI=1S/C12H24N4O7S/c1-3-4-15(9(2)23-8-11(17)7-14-19)13-6-10-5-12(18)16(10)24(20,21)22/h7,9-10,13-14,17,19H,3-6,8H2,1-2H3,(H,20,21,22)/b11-7+/t9?,10-/m1/s1. The van der Waals surface area contributed by atoms with Crippen LogP contribution < -0.4 is 10.9 Å². The summed E-state index contributed by atoms with van der Waals surface area (Å²) in [5.41, 5.74) is 4.66. The first kappa shape index (κ1) is 20.6. The van der Waals surface area contributed by atoms with Gasteiger partial charge in [-0.2, -0.15) is 8.42 Å². The fourth-order valence-corrected chi connectivity index (χ4v) is 3.06. The van der Waals surface area contributed by atoms with E-state index in [9.17, 15) is 18.3 Å². The number of carbonyl (C=O) groups is 1. The van der Waals surface area contributed by atoms with Crippen molar-refractivity contribution in [1.82, 2.24) is 20.2 Å². The van der Waals surface area contributed by atoms with E-state index in [4.69, 9.17) is 14.5 Å². The number of hydrazine groups is 1. The number of nitrogens with one attached hydrogen (secondary N) is 2. The number of aliphatic hydroxyl groups excluding tert-OH is 1. The highest BCUT2D eigenvalue weighted by Gasteiger charge is 2.43. The molecular formula is C12H24N4O7S. The molecule has 0 aromatic rings. The number of hydroxylamine groups is 1. The molecule has 1 rings (SSSR count). The van der Waals surface area contributed by atoms with Gasteiger partial charge in [0.2, 0.25) is 5.91 Å². The van der Waals surface area contributed by atoms with Gasteiger partial charge in [0.1, 0.15) is 18.6 Å². The van der Waals surface area contributed by atoms with Gasteiger partial charge in [0, 0.05) is 13.1 Å². The molecule has 1 aliphatic heterocycles. The minimum Gasteiger partial charge on any atom is -0.508 e. The second-order valence-electron chi connectivity index (χ2n) is 5.26. The molecule has 1 aliphatic rings. The highest BCUT2D eigenvalue weighted by molar-refractivity contribution is 7.84. The third-order valence-electron chi connectivity index (χ3n) is 3.37. The number of β-lactam (4-membered cyclic amide) rings is 1. The Hall–Kier alpha value is -1.44. The number of carbonyl (C=O) groups excluding carboxylic acids is 1. The maximum Gasteiger partial charge on any atom is 0.362 e. The van der Waals surface area contributed by atoms with Crippen LogP contribution in [0.4, 0.5) is 0 Å². The van der Waals surface area contributed by atoms with Gasteiger partial charge in [-0.3, -0.25) is 25.5 Å². The molecule has 1 heterocycles. The van der Waals surface area contributed by atoms with Crippen LogP contribution in [-0.4, -0.2) is 70.5 Å². The van der Waals surface area contributed by atoms with Crippen molar-refractivity contribution in [1.29, 1.82) is 0 Å². The Morgan fingerprint density at radius 3 is 2.75 bits per heavy atom. The van der Waals surface area contributed by atoms with E-state index < -0.39 is 28.5 Å². The Labute approximate surface area is 140 Å². The normalized spacial score (nSPS) is 20.2. The number of hydrogen-bond donors (Lipinski definition) is 5. The predicted octanol–water partition coefficient (Wildman–Crippen LogP) is -0.652. The summed E-state index contributed by atoms with van der Waals surface area (Å²) in [6.07, 6.45) is 1.28. The van der Waals surface area contributed by atoms with Crippen molar-refractivity contribution < 1.29 is 32.8 Å². The van der Waals surface area contributed by atoms with Crippen molar-refractivity contribution in [2.45, 2.75) is 39.0 Å². The quantitative estimate of drug-likeness (QED) is 0.105. The number of ether oxygens (including phenoxy) is 1. The van der Waals surface area contributed by atoms with Crippen LogP contribution in [0.25, 0.3) is 0 Å². The summed E-state index contributed by atoms with van der Waals surface area (Å²) in [4.78, 5) is 11.3. The minimum absolute atomic E-state index is 0.0215. The lowest BCUT2D eigenvalue weighted by Crippen LogP contribution is -2.61. The molecule has 0 aromatic heterocycles. The van der Waals surface area contributed by atoms with E-state index >= 15 is 0 Å². The van der Waals surface area contributed by atoms with E-state index in [1.54, 1.807) is 17.4 Å². The van der Waals surface area contributed by atoms with Gasteiger partial charge in [0.15, 0.2) is 0 Å². The van der Waals surface area contributed by atoms with Crippen LogP contribution in [0.5, 0.6) is 0 Å². The SMILES string of the molecule is CCCN(NC[C@H]1CC(=O)N1S(=O)(=O)O)C(C)OC/C(O)=C\NO. The maximum absolute atomic E-state index is 11.3. The Morgan fingerprint density at radius 1 is 1.58 bits per heavy atom. The number of nitrogens with zero attached hydrogens (tertiary/aromatic N) is 2. The first-order valence-electron chi connectivity index (χ1n) is 7.39. The molecule has 5 N–H and O–H groups in total. The Balaban J connectivity index is 2.54. The third kappa shape index (κ3) is 5.89. The Bertz CT molecular complexity index is 554. The molecule has 140 valence electrons. The van der Waals surface area contributed by atoms with Crippen molar-refractivity contribution in [3.05, 3.63) is 12.0 Å². The summed E-state index contributed by atoms with van der Waals surface area (Å²) in [5.74, 6) is -0.856. The molecule has 0 spiro atoms. The lowest BCUT2D eigenvalue weighted by atomic mass is 10.1. The maximum atomic E-state index is 11.3. The van der Waals surface area contributed by atoms with Gasteiger partial charge in [0.05, 0.1) is 18.7 Å². The van der Waals surface area contributed by atoms with Crippen LogP contribution in [0.15, 0.2) is 12.0 Å². The van der Waals surface area contributed by atoms with Crippen molar-refractivity contribution in [3.8, 4) is 0 Å². The number of rotatable bonds is 11. The zero-order valence-corrected chi connectivity index (χ0v) is 14.4. The van der Waals surface area contributed by atoms with E-state index in [0.717, 1.165) is 12.6 Å². The van der Waals surface area contributed by atoms with E-state index in [-0.39, 0.29) is 25.3 Å². The van der Waals surface area contributed by atoms with Crippen LogP contribution in [0.1, 0.15) is 26.7 Å². The lowest BCUT2D eigenvalue weighted by molar-refractivity contribution is -0.139.